The lowest BCUT2D eigenvalue weighted by Gasteiger charge is -2.11. The first-order valence-corrected chi connectivity index (χ1v) is 11.4. The van der Waals surface area contributed by atoms with Gasteiger partial charge in [0, 0.05) is 40.0 Å². The fraction of sp³-hybridized carbons (Fsp3) is 0.200. The van der Waals surface area contributed by atoms with Crippen LogP contribution < -0.4 is 5.32 Å². The number of Topliss-reactive ketones (excluding diaryl/α,β-unsaturated/α-hetero) is 1. The molecule has 0 unspecified atom stereocenters. The van der Waals surface area contributed by atoms with E-state index in [1.54, 1.807) is 34.9 Å². The number of nitrogens with zero attached hydrogens (tertiary/aromatic N) is 3. The van der Waals surface area contributed by atoms with Crippen molar-refractivity contribution in [2.24, 2.45) is 0 Å². The summed E-state index contributed by atoms with van der Waals surface area (Å²) in [6.45, 7) is 1.86. The summed E-state index contributed by atoms with van der Waals surface area (Å²) in [5.41, 5.74) is 1.31. The number of hydrogen-bond acceptors (Lipinski definition) is 5. The number of carbonyl (C=O) groups is 2. The Bertz CT molecular complexity index is 1050. The van der Waals surface area contributed by atoms with Gasteiger partial charge in [-0.25, -0.2) is 0 Å². The molecule has 156 valence electrons. The molecule has 30 heavy (non-hydrogen) atoms. The zero-order valence-electron chi connectivity index (χ0n) is 15.9. The van der Waals surface area contributed by atoms with E-state index in [1.807, 2.05) is 12.1 Å². The smallest absolute Gasteiger partial charge is 0.216 e. The summed E-state index contributed by atoms with van der Waals surface area (Å²) in [7, 11) is 0. The quantitative estimate of drug-likeness (QED) is 0.330. The second-order valence-corrected chi connectivity index (χ2v) is 9.04. The normalized spacial score (nSPS) is 10.8. The molecule has 0 aliphatic carbocycles. The first-order chi connectivity index (χ1) is 14.3. The van der Waals surface area contributed by atoms with Crippen LogP contribution in [0.15, 0.2) is 52.1 Å². The molecule has 0 bridgehead atoms. The summed E-state index contributed by atoms with van der Waals surface area (Å²) < 4.78 is 2.71. The van der Waals surface area contributed by atoms with Crippen LogP contribution in [0.3, 0.4) is 0 Å². The molecule has 0 aliphatic rings. The van der Waals surface area contributed by atoms with E-state index in [1.165, 1.54) is 18.7 Å². The molecule has 3 rings (SSSR count). The molecule has 0 aliphatic heterocycles. The van der Waals surface area contributed by atoms with Crippen LogP contribution in [0.1, 0.15) is 23.1 Å². The summed E-state index contributed by atoms with van der Waals surface area (Å²) >= 11 is 17.0. The predicted octanol–water partition coefficient (Wildman–Crippen LogP) is 4.99. The van der Waals surface area contributed by atoms with Gasteiger partial charge in [0.05, 0.1) is 11.4 Å². The van der Waals surface area contributed by atoms with Gasteiger partial charge in [0.25, 0.3) is 0 Å². The van der Waals surface area contributed by atoms with Crippen molar-refractivity contribution in [3.8, 4) is 5.69 Å². The maximum atomic E-state index is 12.6. The van der Waals surface area contributed by atoms with Crippen molar-refractivity contribution >= 4 is 62.6 Å². The monoisotopic (exact) mass is 526 g/mol. The fourth-order valence-corrected chi connectivity index (χ4v) is 4.33. The summed E-state index contributed by atoms with van der Waals surface area (Å²) in [5, 5.41) is 12.7. The zero-order valence-corrected chi connectivity index (χ0v) is 19.8. The number of ketones is 1. The molecule has 0 atom stereocenters. The molecule has 0 saturated heterocycles. The molecular formula is C20H17BrCl2N4O2S. The molecule has 0 saturated carbocycles. The number of amides is 1. The van der Waals surface area contributed by atoms with Gasteiger partial charge in [0.15, 0.2) is 10.9 Å². The fourth-order valence-electron chi connectivity index (χ4n) is 2.68. The molecule has 1 N–H and O–H groups in total. The van der Waals surface area contributed by atoms with E-state index in [9.17, 15) is 9.59 Å². The van der Waals surface area contributed by atoms with E-state index in [-0.39, 0.29) is 17.4 Å². The van der Waals surface area contributed by atoms with Crippen molar-refractivity contribution in [3.05, 3.63) is 68.4 Å². The maximum Gasteiger partial charge on any atom is 0.216 e. The number of nitrogens with one attached hydrogen (secondary N) is 1. The minimum Gasteiger partial charge on any atom is -0.356 e. The highest BCUT2D eigenvalue weighted by atomic mass is 79.9. The van der Waals surface area contributed by atoms with Crippen LogP contribution in [0.5, 0.6) is 0 Å². The lowest BCUT2D eigenvalue weighted by atomic mass is 10.2. The summed E-state index contributed by atoms with van der Waals surface area (Å²) in [6.07, 6.45) is 0.456. The second kappa shape index (κ2) is 10.4. The first-order valence-electron chi connectivity index (χ1n) is 8.90. The number of halogens is 3. The lowest BCUT2D eigenvalue weighted by molar-refractivity contribution is -0.118. The minimum atomic E-state index is -0.124. The second-order valence-electron chi connectivity index (χ2n) is 6.31. The molecule has 1 aromatic heterocycles. The van der Waals surface area contributed by atoms with Crippen LogP contribution in [-0.2, 0) is 11.2 Å². The maximum absolute atomic E-state index is 12.6. The average molecular weight is 528 g/mol. The van der Waals surface area contributed by atoms with Crippen LogP contribution in [-0.4, -0.2) is 38.8 Å². The van der Waals surface area contributed by atoms with Crippen molar-refractivity contribution in [2.45, 2.75) is 18.5 Å². The number of aromatic nitrogens is 3. The molecule has 2 aromatic carbocycles. The Morgan fingerprint density at radius 1 is 1.10 bits per heavy atom. The molecule has 0 fully saturated rings. The van der Waals surface area contributed by atoms with Gasteiger partial charge in [-0.05, 0) is 30.3 Å². The Labute approximate surface area is 196 Å². The average Bonchev–Trinajstić information content (AvgIpc) is 3.08. The molecular weight excluding hydrogens is 511 g/mol. The Morgan fingerprint density at radius 2 is 1.77 bits per heavy atom. The number of thioether (sulfide) groups is 1. The van der Waals surface area contributed by atoms with Gasteiger partial charge in [-0.15, -0.1) is 10.2 Å². The van der Waals surface area contributed by atoms with Gasteiger partial charge in [0.2, 0.25) is 5.91 Å². The SMILES string of the molecule is CC(=O)NCCc1nnc(SCC(=O)c2ccc(Br)cc2)n1-c1cc(Cl)cc(Cl)c1. The minimum absolute atomic E-state index is 0.0222. The van der Waals surface area contributed by atoms with Gasteiger partial charge in [0.1, 0.15) is 5.82 Å². The van der Waals surface area contributed by atoms with E-state index in [2.05, 4.69) is 31.4 Å². The third-order valence-electron chi connectivity index (χ3n) is 4.03. The van der Waals surface area contributed by atoms with Gasteiger partial charge in [-0.1, -0.05) is 63.0 Å². The molecule has 3 aromatic rings. The Hall–Kier alpha value is -1.87. The summed E-state index contributed by atoms with van der Waals surface area (Å²) in [4.78, 5) is 23.7. The molecule has 6 nitrogen and oxygen atoms in total. The molecule has 1 heterocycles. The highest BCUT2D eigenvalue weighted by Gasteiger charge is 2.17. The standard InChI is InChI=1S/C20H17BrCl2N4O2S/c1-12(28)24-7-6-19-25-26-20(27(19)17-9-15(22)8-16(23)10-17)30-11-18(29)13-2-4-14(21)5-3-13/h2-5,8-10H,6-7,11H2,1H3,(H,24,28). The van der Waals surface area contributed by atoms with Crippen molar-refractivity contribution in [3.63, 3.8) is 0 Å². The van der Waals surface area contributed by atoms with E-state index in [4.69, 9.17) is 23.2 Å². The van der Waals surface area contributed by atoms with E-state index >= 15 is 0 Å². The molecule has 0 radical (unpaired) electrons. The van der Waals surface area contributed by atoms with E-state index < -0.39 is 0 Å². The Balaban J connectivity index is 1.85. The van der Waals surface area contributed by atoms with Crippen molar-refractivity contribution < 1.29 is 9.59 Å². The molecule has 0 spiro atoms. The highest BCUT2D eigenvalue weighted by molar-refractivity contribution is 9.10. The third kappa shape index (κ3) is 6.07. The van der Waals surface area contributed by atoms with Crippen LogP contribution in [0, 0.1) is 0 Å². The molecule has 1 amide bonds. The Kier molecular flexibility index (Phi) is 7.93. The lowest BCUT2D eigenvalue weighted by Crippen LogP contribution is -2.23. The zero-order chi connectivity index (χ0) is 21.7. The number of benzene rings is 2. The topological polar surface area (TPSA) is 76.9 Å². The van der Waals surface area contributed by atoms with Gasteiger partial charge >= 0.3 is 0 Å². The van der Waals surface area contributed by atoms with Gasteiger partial charge in [-0.3, -0.25) is 14.2 Å². The predicted molar refractivity (Wildman–Crippen MR) is 123 cm³/mol. The first kappa shape index (κ1) is 22.8. The highest BCUT2D eigenvalue weighted by Crippen LogP contribution is 2.27. The van der Waals surface area contributed by atoms with Gasteiger partial charge < -0.3 is 5.32 Å². The van der Waals surface area contributed by atoms with Crippen LogP contribution in [0.4, 0.5) is 0 Å². The largest absolute Gasteiger partial charge is 0.356 e. The van der Waals surface area contributed by atoms with Gasteiger partial charge in [-0.2, -0.15) is 0 Å². The van der Waals surface area contributed by atoms with E-state index in [0.29, 0.717) is 45.2 Å². The summed E-state index contributed by atoms with van der Waals surface area (Å²) in [6, 6.07) is 12.3. The van der Waals surface area contributed by atoms with Crippen molar-refractivity contribution in [2.75, 3.05) is 12.3 Å². The van der Waals surface area contributed by atoms with E-state index in [0.717, 1.165) is 4.47 Å². The van der Waals surface area contributed by atoms with Crippen LogP contribution in [0.2, 0.25) is 10.0 Å². The number of rotatable bonds is 8. The number of carbonyl (C=O) groups excluding carboxylic acids is 2. The van der Waals surface area contributed by atoms with Crippen molar-refractivity contribution in [1.82, 2.24) is 20.1 Å². The third-order valence-corrected chi connectivity index (χ3v) is 5.92. The van der Waals surface area contributed by atoms with Crippen molar-refractivity contribution in [1.29, 1.82) is 0 Å². The Morgan fingerprint density at radius 3 is 2.40 bits per heavy atom. The van der Waals surface area contributed by atoms with Crippen LogP contribution >= 0.6 is 50.9 Å². The number of hydrogen-bond donors (Lipinski definition) is 1. The van der Waals surface area contributed by atoms with Crippen LogP contribution in [0.25, 0.3) is 5.69 Å². The molecule has 10 heteroatoms. The summed E-state index contributed by atoms with van der Waals surface area (Å²) in [5.74, 6) is 0.674.